The Morgan fingerprint density at radius 1 is 1.38 bits per heavy atom. The van der Waals surface area contributed by atoms with E-state index in [1.165, 1.54) is 11.0 Å². The third-order valence-electron chi connectivity index (χ3n) is 3.29. The number of rotatable bonds is 5. The number of aliphatic hydroxyl groups excluding tert-OH is 1. The predicted molar refractivity (Wildman–Crippen MR) is 80.5 cm³/mol. The van der Waals surface area contributed by atoms with Gasteiger partial charge in [-0.05, 0) is 18.4 Å². The Labute approximate surface area is 124 Å². The highest BCUT2D eigenvalue weighted by Crippen LogP contribution is 2.32. The van der Waals surface area contributed by atoms with Crippen LogP contribution in [0.25, 0.3) is 0 Å². The van der Waals surface area contributed by atoms with Crippen LogP contribution in [0.5, 0.6) is 0 Å². The Morgan fingerprint density at radius 2 is 2.00 bits per heavy atom. The minimum Gasteiger partial charge on any atom is -0.395 e. The van der Waals surface area contributed by atoms with Crippen LogP contribution in [0.3, 0.4) is 0 Å². The molecule has 0 saturated carbocycles. The number of likely N-dealkylation sites (N-methyl/N-ethyl adjacent to an activating group) is 1. The number of amides is 1. The first kappa shape index (κ1) is 17.1. The van der Waals surface area contributed by atoms with Gasteiger partial charge in [-0.1, -0.05) is 26.8 Å². The quantitative estimate of drug-likeness (QED) is 0.667. The van der Waals surface area contributed by atoms with E-state index in [0.717, 1.165) is 0 Å². The lowest BCUT2D eigenvalue weighted by Gasteiger charge is -2.22. The first-order valence-corrected chi connectivity index (χ1v) is 6.91. The van der Waals surface area contributed by atoms with Crippen molar-refractivity contribution in [2.45, 2.75) is 33.1 Å². The Balaban J connectivity index is 3.26. The number of benzene rings is 1. The van der Waals surface area contributed by atoms with Gasteiger partial charge in [0.2, 0.25) is 0 Å². The average Bonchev–Trinajstić information content (AvgIpc) is 2.42. The highest BCUT2D eigenvalue weighted by molar-refractivity contribution is 5.95. The normalized spacial score (nSPS) is 11.3. The van der Waals surface area contributed by atoms with Crippen LogP contribution in [0.1, 0.15) is 43.6 Å². The van der Waals surface area contributed by atoms with E-state index in [1.54, 1.807) is 19.1 Å². The highest BCUT2D eigenvalue weighted by Gasteiger charge is 2.26. The average molecular weight is 294 g/mol. The lowest BCUT2D eigenvalue weighted by atomic mass is 9.85. The zero-order valence-corrected chi connectivity index (χ0v) is 12.9. The first-order valence-electron chi connectivity index (χ1n) is 6.91. The lowest BCUT2D eigenvalue weighted by Crippen LogP contribution is -2.33. The Bertz CT molecular complexity index is 535. The van der Waals surface area contributed by atoms with Crippen molar-refractivity contribution in [3.63, 3.8) is 0 Å². The van der Waals surface area contributed by atoms with Crippen molar-refractivity contribution >= 4 is 11.6 Å². The van der Waals surface area contributed by atoms with Gasteiger partial charge in [0.05, 0.1) is 11.5 Å². The summed E-state index contributed by atoms with van der Waals surface area (Å²) in [6.45, 7) is 7.98. The Hall–Kier alpha value is -1.95. The van der Waals surface area contributed by atoms with Crippen LogP contribution in [0.4, 0.5) is 5.69 Å². The zero-order valence-electron chi connectivity index (χ0n) is 12.9. The minimum atomic E-state index is -0.459. The molecule has 0 aromatic heterocycles. The van der Waals surface area contributed by atoms with Crippen LogP contribution in [-0.4, -0.2) is 40.5 Å². The molecule has 116 valence electrons. The van der Waals surface area contributed by atoms with Gasteiger partial charge in [-0.25, -0.2) is 0 Å². The number of carbonyl (C=O) groups excluding carboxylic acids is 1. The second kappa shape index (κ2) is 6.67. The van der Waals surface area contributed by atoms with E-state index in [2.05, 4.69) is 0 Å². The topological polar surface area (TPSA) is 83.7 Å². The smallest absolute Gasteiger partial charge is 0.273 e. The molecular weight excluding hydrogens is 272 g/mol. The summed E-state index contributed by atoms with van der Waals surface area (Å²) in [5.74, 6) is -0.310. The summed E-state index contributed by atoms with van der Waals surface area (Å²) in [7, 11) is 0. The summed E-state index contributed by atoms with van der Waals surface area (Å²) in [6.07, 6.45) is 0. The van der Waals surface area contributed by atoms with E-state index in [9.17, 15) is 14.9 Å². The van der Waals surface area contributed by atoms with Crippen molar-refractivity contribution in [1.29, 1.82) is 0 Å². The summed E-state index contributed by atoms with van der Waals surface area (Å²) in [4.78, 5) is 24.5. The molecule has 0 radical (unpaired) electrons. The van der Waals surface area contributed by atoms with Crippen LogP contribution in [0, 0.1) is 10.1 Å². The molecule has 0 aliphatic heterocycles. The fourth-order valence-corrected chi connectivity index (χ4v) is 2.16. The van der Waals surface area contributed by atoms with E-state index in [-0.39, 0.29) is 35.7 Å². The van der Waals surface area contributed by atoms with Gasteiger partial charge in [0, 0.05) is 30.3 Å². The van der Waals surface area contributed by atoms with Crippen molar-refractivity contribution in [2.75, 3.05) is 19.7 Å². The molecule has 0 atom stereocenters. The summed E-state index contributed by atoms with van der Waals surface area (Å²) < 4.78 is 0. The summed E-state index contributed by atoms with van der Waals surface area (Å²) in [6, 6.07) is 4.57. The van der Waals surface area contributed by atoms with Crippen LogP contribution in [0.2, 0.25) is 0 Å². The van der Waals surface area contributed by atoms with E-state index in [1.807, 2.05) is 20.8 Å². The molecule has 6 heteroatoms. The van der Waals surface area contributed by atoms with Crippen molar-refractivity contribution in [1.82, 2.24) is 4.90 Å². The Morgan fingerprint density at radius 3 is 2.43 bits per heavy atom. The van der Waals surface area contributed by atoms with Crippen LogP contribution < -0.4 is 0 Å². The number of carbonyl (C=O) groups is 1. The summed E-state index contributed by atoms with van der Waals surface area (Å²) in [5, 5.41) is 20.2. The maximum Gasteiger partial charge on any atom is 0.273 e. The van der Waals surface area contributed by atoms with Crippen molar-refractivity contribution < 1.29 is 14.8 Å². The highest BCUT2D eigenvalue weighted by atomic mass is 16.6. The molecule has 0 bridgehead atoms. The largest absolute Gasteiger partial charge is 0.395 e. The molecule has 1 N–H and O–H groups in total. The van der Waals surface area contributed by atoms with Crippen LogP contribution in [-0.2, 0) is 5.41 Å². The second-order valence-electron chi connectivity index (χ2n) is 5.85. The number of nitro groups is 1. The molecular formula is C15H22N2O4. The van der Waals surface area contributed by atoms with Crippen molar-refractivity contribution in [2.24, 2.45) is 0 Å². The number of nitro benzene ring substituents is 1. The molecule has 1 aromatic rings. The molecule has 6 nitrogen and oxygen atoms in total. The first-order chi connectivity index (χ1) is 9.72. The van der Waals surface area contributed by atoms with Gasteiger partial charge in [-0.2, -0.15) is 0 Å². The van der Waals surface area contributed by atoms with Gasteiger partial charge < -0.3 is 10.0 Å². The van der Waals surface area contributed by atoms with Gasteiger partial charge in [0.1, 0.15) is 0 Å². The summed E-state index contributed by atoms with van der Waals surface area (Å²) >= 11 is 0. The molecule has 1 rings (SSSR count). The predicted octanol–water partition coefficient (Wildman–Crippen LogP) is 2.35. The zero-order chi connectivity index (χ0) is 16.2. The maximum absolute atomic E-state index is 12.3. The fraction of sp³-hybridized carbons (Fsp3) is 0.533. The van der Waals surface area contributed by atoms with E-state index in [4.69, 9.17) is 5.11 Å². The minimum absolute atomic E-state index is 0.0478. The number of nitrogens with zero attached hydrogens (tertiary/aromatic N) is 2. The molecule has 0 saturated heterocycles. The summed E-state index contributed by atoms with van der Waals surface area (Å²) in [5.41, 5.74) is 0.437. The third kappa shape index (κ3) is 4.01. The molecule has 0 heterocycles. The molecule has 0 fully saturated rings. The van der Waals surface area contributed by atoms with Gasteiger partial charge in [0.15, 0.2) is 0 Å². The fourth-order valence-electron chi connectivity index (χ4n) is 2.16. The third-order valence-corrected chi connectivity index (χ3v) is 3.29. The van der Waals surface area contributed by atoms with Crippen LogP contribution in [0.15, 0.2) is 18.2 Å². The molecule has 0 unspecified atom stereocenters. The standard InChI is InChI=1S/C15H22N2O4/c1-5-16(8-9-18)14(19)11-6-7-12(15(2,3)4)13(10-11)17(20)21/h6-7,10,18H,5,8-9H2,1-4H3. The number of hydrogen-bond acceptors (Lipinski definition) is 4. The second-order valence-corrected chi connectivity index (χ2v) is 5.85. The van der Waals surface area contributed by atoms with E-state index < -0.39 is 4.92 Å². The molecule has 0 spiro atoms. The van der Waals surface area contributed by atoms with E-state index >= 15 is 0 Å². The van der Waals surface area contributed by atoms with Crippen molar-refractivity contribution in [3.05, 3.63) is 39.4 Å². The van der Waals surface area contributed by atoms with Crippen molar-refractivity contribution in [3.8, 4) is 0 Å². The van der Waals surface area contributed by atoms with Gasteiger partial charge >= 0.3 is 0 Å². The monoisotopic (exact) mass is 294 g/mol. The SMILES string of the molecule is CCN(CCO)C(=O)c1ccc(C(C)(C)C)c([N+](=O)[O-])c1. The Kier molecular flexibility index (Phi) is 5.43. The maximum atomic E-state index is 12.3. The molecule has 21 heavy (non-hydrogen) atoms. The molecule has 0 aliphatic carbocycles. The van der Waals surface area contributed by atoms with Gasteiger partial charge in [-0.15, -0.1) is 0 Å². The lowest BCUT2D eigenvalue weighted by molar-refractivity contribution is -0.386. The van der Waals surface area contributed by atoms with Gasteiger partial charge in [-0.3, -0.25) is 14.9 Å². The molecule has 0 aliphatic rings. The molecule has 1 aromatic carbocycles. The number of aliphatic hydroxyl groups is 1. The number of hydrogen-bond donors (Lipinski definition) is 1. The van der Waals surface area contributed by atoms with E-state index in [0.29, 0.717) is 12.1 Å². The van der Waals surface area contributed by atoms with Gasteiger partial charge in [0.25, 0.3) is 11.6 Å². The van der Waals surface area contributed by atoms with Crippen LogP contribution >= 0.6 is 0 Å². The molecule has 1 amide bonds.